The summed E-state index contributed by atoms with van der Waals surface area (Å²) in [6.45, 7) is 3.24. The molecule has 0 aromatic heterocycles. The first-order chi connectivity index (χ1) is 11.3. The highest BCUT2D eigenvalue weighted by Crippen LogP contribution is 2.30. The van der Waals surface area contributed by atoms with Gasteiger partial charge in [0.25, 0.3) is 11.4 Å². The highest BCUT2D eigenvalue weighted by atomic mass is 16.6. The van der Waals surface area contributed by atoms with Crippen LogP contribution in [0.3, 0.4) is 0 Å². The zero-order valence-corrected chi connectivity index (χ0v) is 13.0. The lowest BCUT2D eigenvalue weighted by Crippen LogP contribution is -2.10. The number of nitro groups is 2. The first kappa shape index (κ1) is 17.1. The van der Waals surface area contributed by atoms with Crippen molar-refractivity contribution in [3.05, 3.63) is 73.3 Å². The Morgan fingerprint density at radius 2 is 1.54 bits per heavy atom. The van der Waals surface area contributed by atoms with Gasteiger partial charge in [-0.1, -0.05) is 19.1 Å². The molecule has 0 aliphatic rings. The second-order valence-corrected chi connectivity index (χ2v) is 5.04. The van der Waals surface area contributed by atoms with Crippen molar-refractivity contribution >= 4 is 17.3 Å². The van der Waals surface area contributed by atoms with Crippen LogP contribution in [0, 0.1) is 27.2 Å². The van der Waals surface area contributed by atoms with E-state index >= 15 is 0 Å². The third-order valence-electron chi connectivity index (χ3n) is 3.52. The van der Waals surface area contributed by atoms with Crippen molar-refractivity contribution < 1.29 is 19.4 Å². The maximum absolute atomic E-state index is 12.2. The number of nitro benzene ring substituents is 2. The van der Waals surface area contributed by atoms with E-state index in [-0.39, 0.29) is 16.9 Å². The number of esters is 1. The Balaban J connectivity index is 2.37. The van der Waals surface area contributed by atoms with Crippen molar-refractivity contribution in [2.75, 3.05) is 0 Å². The Morgan fingerprint density at radius 3 is 1.96 bits per heavy atom. The zero-order valence-electron chi connectivity index (χ0n) is 13.0. The Hall–Kier alpha value is -3.29. The number of aryl methyl sites for hydroxylation is 1. The van der Waals surface area contributed by atoms with E-state index in [4.69, 9.17) is 4.74 Å². The molecule has 8 nitrogen and oxygen atoms in total. The van der Waals surface area contributed by atoms with Gasteiger partial charge in [-0.05, 0) is 31.0 Å². The summed E-state index contributed by atoms with van der Waals surface area (Å²) in [7, 11) is 0. The summed E-state index contributed by atoms with van der Waals surface area (Å²) in [5.41, 5.74) is -0.321. The Bertz CT molecular complexity index is 779. The van der Waals surface area contributed by atoms with E-state index in [0.717, 1.165) is 24.1 Å². The van der Waals surface area contributed by atoms with Gasteiger partial charge in [0.2, 0.25) is 0 Å². The van der Waals surface area contributed by atoms with E-state index in [9.17, 15) is 25.0 Å². The molecule has 2 aromatic rings. The number of carbonyl (C=O) groups is 1. The summed E-state index contributed by atoms with van der Waals surface area (Å²) >= 11 is 0. The van der Waals surface area contributed by atoms with Crippen LogP contribution in [0.1, 0.15) is 28.4 Å². The number of nitrogens with zero attached hydrogens (tertiary/aromatic N) is 2. The minimum absolute atomic E-state index is 0.117. The molecule has 0 amide bonds. The molecule has 0 heterocycles. The van der Waals surface area contributed by atoms with Crippen LogP contribution >= 0.6 is 0 Å². The van der Waals surface area contributed by atoms with E-state index in [1.165, 1.54) is 6.92 Å². The molecule has 0 aliphatic heterocycles. The number of benzene rings is 2. The molecular formula is C16H14N2O6. The first-order valence-corrected chi connectivity index (χ1v) is 7.08. The molecule has 0 unspecified atom stereocenters. The fraction of sp³-hybridized carbons (Fsp3) is 0.188. The number of hydrogen-bond donors (Lipinski definition) is 0. The van der Waals surface area contributed by atoms with Gasteiger partial charge in [-0.15, -0.1) is 0 Å². The molecule has 0 N–H and O–H groups in total. The summed E-state index contributed by atoms with van der Waals surface area (Å²) in [6.07, 6.45) is 0.824. The standard InChI is InChI=1S/C16H14N2O6/c1-3-11-4-6-13(7-5-11)24-16(19)12-8-14(17(20)21)10(2)15(9-12)18(22)23/h4-9H,3H2,1-2H3. The molecule has 0 radical (unpaired) electrons. The van der Waals surface area contributed by atoms with E-state index in [0.29, 0.717) is 0 Å². The first-order valence-electron chi connectivity index (χ1n) is 7.08. The molecule has 24 heavy (non-hydrogen) atoms. The van der Waals surface area contributed by atoms with Crippen LogP contribution in [-0.2, 0) is 6.42 Å². The van der Waals surface area contributed by atoms with Crippen LogP contribution in [0.15, 0.2) is 36.4 Å². The van der Waals surface area contributed by atoms with Crippen molar-refractivity contribution in [3.63, 3.8) is 0 Å². The molecule has 0 saturated heterocycles. The van der Waals surface area contributed by atoms with E-state index in [2.05, 4.69) is 0 Å². The quantitative estimate of drug-likeness (QED) is 0.358. The Labute approximate surface area is 137 Å². The number of rotatable bonds is 5. The predicted molar refractivity (Wildman–Crippen MR) is 85.3 cm³/mol. The molecule has 2 aromatic carbocycles. The van der Waals surface area contributed by atoms with Crippen molar-refractivity contribution in [1.29, 1.82) is 0 Å². The highest BCUT2D eigenvalue weighted by Gasteiger charge is 2.26. The molecular weight excluding hydrogens is 316 g/mol. The van der Waals surface area contributed by atoms with Gasteiger partial charge >= 0.3 is 5.97 Å². The van der Waals surface area contributed by atoms with Crippen molar-refractivity contribution in [1.82, 2.24) is 0 Å². The van der Waals surface area contributed by atoms with Crippen LogP contribution in [0.5, 0.6) is 5.75 Å². The second kappa shape index (κ2) is 6.86. The predicted octanol–water partition coefficient (Wildman–Crippen LogP) is 3.59. The Kier molecular flexibility index (Phi) is 4.88. The largest absolute Gasteiger partial charge is 0.423 e. The fourth-order valence-electron chi connectivity index (χ4n) is 2.14. The molecule has 124 valence electrons. The average molecular weight is 330 g/mol. The zero-order chi connectivity index (χ0) is 17.9. The van der Waals surface area contributed by atoms with Gasteiger partial charge in [0.1, 0.15) is 11.3 Å². The van der Waals surface area contributed by atoms with Crippen LogP contribution in [0.4, 0.5) is 11.4 Å². The maximum Gasteiger partial charge on any atom is 0.344 e. The fourth-order valence-corrected chi connectivity index (χ4v) is 2.14. The molecule has 0 saturated carbocycles. The van der Waals surface area contributed by atoms with Gasteiger partial charge in [-0.2, -0.15) is 0 Å². The lowest BCUT2D eigenvalue weighted by molar-refractivity contribution is -0.395. The normalized spacial score (nSPS) is 10.2. The number of carbonyl (C=O) groups excluding carboxylic acids is 1. The van der Waals surface area contributed by atoms with E-state index in [1.807, 2.05) is 6.92 Å². The minimum Gasteiger partial charge on any atom is -0.423 e. The van der Waals surface area contributed by atoms with E-state index in [1.54, 1.807) is 24.3 Å². The molecule has 0 atom stereocenters. The van der Waals surface area contributed by atoms with Crippen LogP contribution in [-0.4, -0.2) is 15.8 Å². The van der Waals surface area contributed by atoms with Gasteiger partial charge in [0.15, 0.2) is 0 Å². The minimum atomic E-state index is -0.898. The lowest BCUT2D eigenvalue weighted by atomic mass is 10.1. The summed E-state index contributed by atoms with van der Waals surface area (Å²) in [5.74, 6) is -0.645. The molecule has 8 heteroatoms. The van der Waals surface area contributed by atoms with Crippen molar-refractivity contribution in [3.8, 4) is 5.75 Å². The molecule has 0 spiro atoms. The molecule has 0 aliphatic carbocycles. The third-order valence-corrected chi connectivity index (χ3v) is 3.52. The summed E-state index contributed by atoms with van der Waals surface area (Å²) in [5, 5.41) is 22.1. The highest BCUT2D eigenvalue weighted by molar-refractivity contribution is 5.93. The van der Waals surface area contributed by atoms with Gasteiger partial charge in [-0.3, -0.25) is 20.2 Å². The van der Waals surface area contributed by atoms with Crippen molar-refractivity contribution in [2.24, 2.45) is 0 Å². The third kappa shape index (κ3) is 3.54. The molecule has 2 rings (SSSR count). The monoisotopic (exact) mass is 330 g/mol. The smallest absolute Gasteiger partial charge is 0.344 e. The average Bonchev–Trinajstić information content (AvgIpc) is 2.55. The van der Waals surface area contributed by atoms with Crippen molar-refractivity contribution in [2.45, 2.75) is 20.3 Å². The van der Waals surface area contributed by atoms with E-state index < -0.39 is 27.2 Å². The lowest BCUT2D eigenvalue weighted by Gasteiger charge is -2.06. The topological polar surface area (TPSA) is 113 Å². The number of ether oxygens (including phenoxy) is 1. The van der Waals surface area contributed by atoms with Gasteiger partial charge < -0.3 is 4.74 Å². The second-order valence-electron chi connectivity index (χ2n) is 5.04. The number of hydrogen-bond acceptors (Lipinski definition) is 6. The maximum atomic E-state index is 12.2. The van der Waals surface area contributed by atoms with Gasteiger partial charge in [0.05, 0.1) is 15.4 Å². The van der Waals surface area contributed by atoms with Gasteiger partial charge in [0, 0.05) is 12.1 Å². The SMILES string of the molecule is CCc1ccc(OC(=O)c2cc([N+](=O)[O-])c(C)c([N+](=O)[O-])c2)cc1. The summed E-state index contributed by atoms with van der Waals surface area (Å²) < 4.78 is 5.13. The van der Waals surface area contributed by atoms with Crippen LogP contribution in [0.2, 0.25) is 0 Å². The van der Waals surface area contributed by atoms with Gasteiger partial charge in [-0.25, -0.2) is 4.79 Å². The summed E-state index contributed by atoms with van der Waals surface area (Å²) in [6, 6.07) is 8.70. The van der Waals surface area contributed by atoms with Crippen LogP contribution < -0.4 is 4.74 Å². The Morgan fingerprint density at radius 1 is 1.04 bits per heavy atom. The molecule has 0 bridgehead atoms. The van der Waals surface area contributed by atoms with Crippen LogP contribution in [0.25, 0.3) is 0 Å². The summed E-state index contributed by atoms with van der Waals surface area (Å²) in [4.78, 5) is 32.7. The molecule has 0 fully saturated rings.